The van der Waals surface area contributed by atoms with Gasteiger partial charge in [0.15, 0.2) is 0 Å². The number of imide groups is 1. The molecular weight excluding hydrogens is 605 g/mol. The standard InChI is InChI=1S/C29H17F3N4O5S2/c30-29(31,32)18-7-13-25(33-16-18)43-24-12-6-17(15-23(24)36(39)40)14-22-26(37)34-28(38)35(27(22)42)19-8-10-21(11-9-19)41-20-4-2-1-3-5-20/h1-16H,(H,34,37,38)/b22-14+. The van der Waals surface area contributed by atoms with Gasteiger partial charge in [-0.3, -0.25) is 25.1 Å². The quantitative estimate of drug-likeness (QED) is 0.0980. The molecule has 0 radical (unpaired) electrons. The van der Waals surface area contributed by atoms with Crippen molar-refractivity contribution in [2.45, 2.75) is 16.1 Å². The molecule has 0 unspecified atom stereocenters. The summed E-state index contributed by atoms with van der Waals surface area (Å²) in [6.07, 6.45) is -2.61. The lowest BCUT2D eigenvalue weighted by Crippen LogP contribution is -2.53. The van der Waals surface area contributed by atoms with Crippen molar-refractivity contribution in [3.8, 4) is 11.5 Å². The predicted octanol–water partition coefficient (Wildman–Crippen LogP) is 7.42. The van der Waals surface area contributed by atoms with E-state index in [2.05, 4.69) is 10.3 Å². The van der Waals surface area contributed by atoms with E-state index in [4.69, 9.17) is 17.0 Å². The summed E-state index contributed by atoms with van der Waals surface area (Å²) in [5, 5.41) is 14.2. The Morgan fingerprint density at radius 2 is 1.67 bits per heavy atom. The summed E-state index contributed by atoms with van der Waals surface area (Å²) in [5.41, 5.74) is -0.824. The number of nitrogens with zero attached hydrogens (tertiary/aromatic N) is 3. The van der Waals surface area contributed by atoms with E-state index < -0.39 is 28.6 Å². The van der Waals surface area contributed by atoms with Gasteiger partial charge in [-0.1, -0.05) is 48.2 Å². The number of urea groups is 1. The average Bonchev–Trinajstić information content (AvgIpc) is 2.97. The molecule has 1 aliphatic rings. The maximum atomic E-state index is 12.8. The monoisotopic (exact) mass is 622 g/mol. The Balaban J connectivity index is 1.39. The van der Waals surface area contributed by atoms with Gasteiger partial charge < -0.3 is 4.74 Å². The molecule has 0 saturated carbocycles. The van der Waals surface area contributed by atoms with Crippen molar-refractivity contribution in [2.75, 3.05) is 4.90 Å². The number of nitrogens with one attached hydrogen (secondary N) is 1. The van der Waals surface area contributed by atoms with E-state index in [9.17, 15) is 32.9 Å². The molecular formula is C29H17F3N4O5S2. The minimum absolute atomic E-state index is 0.0849. The molecule has 1 saturated heterocycles. The van der Waals surface area contributed by atoms with E-state index in [-0.39, 0.29) is 31.7 Å². The molecule has 216 valence electrons. The number of rotatable bonds is 7. The fourth-order valence-corrected chi connectivity index (χ4v) is 5.10. The molecule has 0 aliphatic carbocycles. The van der Waals surface area contributed by atoms with Crippen molar-refractivity contribution in [3.05, 3.63) is 118 Å². The van der Waals surface area contributed by atoms with Gasteiger partial charge >= 0.3 is 12.2 Å². The van der Waals surface area contributed by atoms with Crippen LogP contribution in [0, 0.1) is 10.1 Å². The Bertz CT molecular complexity index is 1760. The number of hydrogen-bond acceptors (Lipinski definition) is 8. The second-order valence-corrected chi connectivity index (χ2v) is 10.3. The fraction of sp³-hybridized carbons (Fsp3) is 0.0345. The zero-order chi connectivity index (χ0) is 30.7. The summed E-state index contributed by atoms with van der Waals surface area (Å²) in [6.45, 7) is 0. The molecule has 2 heterocycles. The molecule has 3 amide bonds. The van der Waals surface area contributed by atoms with Crippen molar-refractivity contribution < 1.29 is 32.4 Å². The Morgan fingerprint density at radius 3 is 2.30 bits per heavy atom. The van der Waals surface area contributed by atoms with Crippen molar-refractivity contribution in [3.63, 3.8) is 0 Å². The first kappa shape index (κ1) is 29.4. The summed E-state index contributed by atoms with van der Waals surface area (Å²) >= 11 is 6.28. The van der Waals surface area contributed by atoms with E-state index >= 15 is 0 Å². The van der Waals surface area contributed by atoms with Crippen LogP contribution in [0.25, 0.3) is 6.08 Å². The molecule has 5 rings (SSSR count). The molecule has 1 aliphatic heterocycles. The number of ether oxygens (including phenoxy) is 1. The number of nitro benzene ring substituents is 1. The van der Waals surface area contributed by atoms with Crippen LogP contribution in [0.5, 0.6) is 11.5 Å². The third-order valence-electron chi connectivity index (χ3n) is 5.94. The lowest BCUT2D eigenvalue weighted by molar-refractivity contribution is -0.387. The maximum Gasteiger partial charge on any atom is 0.417 e. The molecule has 9 nitrogen and oxygen atoms in total. The predicted molar refractivity (Wildman–Crippen MR) is 156 cm³/mol. The van der Waals surface area contributed by atoms with Crippen molar-refractivity contribution in [1.29, 1.82) is 0 Å². The van der Waals surface area contributed by atoms with Gasteiger partial charge in [-0.2, -0.15) is 13.2 Å². The maximum absolute atomic E-state index is 12.8. The number of benzene rings is 3. The summed E-state index contributed by atoms with van der Waals surface area (Å²) in [4.78, 5) is 41.4. The van der Waals surface area contributed by atoms with Gasteiger partial charge in [0.25, 0.3) is 11.6 Å². The van der Waals surface area contributed by atoms with Crippen LogP contribution in [0.3, 0.4) is 0 Å². The average molecular weight is 623 g/mol. The van der Waals surface area contributed by atoms with Crippen molar-refractivity contribution in [2.24, 2.45) is 0 Å². The number of anilines is 1. The lowest BCUT2D eigenvalue weighted by atomic mass is 10.1. The largest absolute Gasteiger partial charge is 0.457 e. The topological polar surface area (TPSA) is 115 Å². The summed E-state index contributed by atoms with van der Waals surface area (Å²) in [7, 11) is 0. The number of carbonyl (C=O) groups is 2. The van der Waals surface area contributed by atoms with Crippen molar-refractivity contribution >= 4 is 58.4 Å². The third-order valence-corrected chi connectivity index (χ3v) is 7.36. The Morgan fingerprint density at radius 1 is 0.977 bits per heavy atom. The van der Waals surface area contributed by atoms with Gasteiger partial charge in [-0.25, -0.2) is 9.78 Å². The highest BCUT2D eigenvalue weighted by atomic mass is 32.2. The van der Waals surface area contributed by atoms with E-state index in [0.717, 1.165) is 28.8 Å². The minimum Gasteiger partial charge on any atom is -0.457 e. The van der Waals surface area contributed by atoms with Gasteiger partial charge in [0.05, 0.1) is 26.6 Å². The van der Waals surface area contributed by atoms with Gasteiger partial charge in [-0.05, 0) is 66.2 Å². The first-order valence-electron chi connectivity index (χ1n) is 12.2. The van der Waals surface area contributed by atoms with Crippen LogP contribution in [0.4, 0.5) is 29.3 Å². The van der Waals surface area contributed by atoms with Gasteiger partial charge in [0.1, 0.15) is 21.5 Å². The number of hydrogen-bond donors (Lipinski definition) is 1. The highest BCUT2D eigenvalue weighted by Crippen LogP contribution is 2.37. The molecule has 1 aromatic heterocycles. The third kappa shape index (κ3) is 6.71. The first-order chi connectivity index (χ1) is 20.5. The number of nitro groups is 1. The second kappa shape index (κ2) is 12.0. The fourth-order valence-electron chi connectivity index (χ4n) is 3.92. The number of amides is 3. The molecule has 0 bridgehead atoms. The van der Waals surface area contributed by atoms with Gasteiger partial charge in [0, 0.05) is 12.3 Å². The minimum atomic E-state index is -4.57. The van der Waals surface area contributed by atoms with E-state index in [1.165, 1.54) is 24.3 Å². The van der Waals surface area contributed by atoms with Crippen LogP contribution in [0.15, 0.2) is 107 Å². The first-order valence-corrected chi connectivity index (χ1v) is 13.5. The van der Waals surface area contributed by atoms with Crippen LogP contribution in [0.2, 0.25) is 0 Å². The Labute approximate surface area is 251 Å². The van der Waals surface area contributed by atoms with Gasteiger partial charge in [0.2, 0.25) is 0 Å². The zero-order valence-electron chi connectivity index (χ0n) is 21.6. The number of carbonyl (C=O) groups excluding carboxylic acids is 2. The van der Waals surface area contributed by atoms with E-state index in [1.54, 1.807) is 36.4 Å². The second-order valence-electron chi connectivity index (χ2n) is 8.84. The highest BCUT2D eigenvalue weighted by Gasteiger charge is 2.34. The van der Waals surface area contributed by atoms with Crippen LogP contribution in [-0.2, 0) is 11.0 Å². The summed E-state index contributed by atoms with van der Waals surface area (Å²) < 4.78 is 44.3. The molecule has 0 spiro atoms. The van der Waals surface area contributed by atoms with Crippen LogP contribution in [-0.4, -0.2) is 26.8 Å². The van der Waals surface area contributed by atoms with Crippen LogP contribution < -0.4 is 15.0 Å². The summed E-state index contributed by atoms with van der Waals surface area (Å²) in [5.74, 6) is 0.332. The molecule has 1 fully saturated rings. The SMILES string of the molecule is O=C1NC(=O)N(c2ccc(Oc3ccccc3)cc2)C(=S)/C1=C/c1ccc(Sc2ccc(C(F)(F)F)cn2)c([N+](=O)[O-])c1. The smallest absolute Gasteiger partial charge is 0.417 e. The van der Waals surface area contributed by atoms with Crippen LogP contribution in [0.1, 0.15) is 11.1 Å². The molecule has 43 heavy (non-hydrogen) atoms. The summed E-state index contributed by atoms with van der Waals surface area (Å²) in [6, 6.07) is 20.7. The molecule has 4 aromatic rings. The number of alkyl halides is 3. The number of pyridine rings is 1. The normalized spacial score (nSPS) is 14.5. The zero-order valence-corrected chi connectivity index (χ0v) is 23.2. The van der Waals surface area contributed by atoms with Crippen LogP contribution >= 0.6 is 24.0 Å². The molecule has 14 heteroatoms. The Hall–Kier alpha value is -5.08. The molecule has 3 aromatic carbocycles. The molecule has 0 atom stereocenters. The Kier molecular flexibility index (Phi) is 8.23. The number of halogens is 3. The van der Waals surface area contributed by atoms with E-state index in [1.807, 2.05) is 18.2 Å². The lowest BCUT2D eigenvalue weighted by Gasteiger charge is -2.29. The number of aromatic nitrogens is 1. The number of thiocarbonyl (C=S) groups is 1. The molecule has 1 N–H and O–H groups in total. The number of para-hydroxylation sites is 1. The van der Waals surface area contributed by atoms with Crippen molar-refractivity contribution in [1.82, 2.24) is 10.3 Å². The van der Waals surface area contributed by atoms with E-state index in [0.29, 0.717) is 23.4 Å². The van der Waals surface area contributed by atoms with Gasteiger partial charge in [-0.15, -0.1) is 0 Å². The highest BCUT2D eigenvalue weighted by molar-refractivity contribution is 7.99.